The summed E-state index contributed by atoms with van der Waals surface area (Å²) in [6, 6.07) is 4.44. The fourth-order valence-corrected chi connectivity index (χ4v) is 3.73. The highest BCUT2D eigenvalue weighted by atomic mass is 35.5. The monoisotopic (exact) mass is 357 g/mol. The molecule has 3 heterocycles. The van der Waals surface area contributed by atoms with Gasteiger partial charge in [0.25, 0.3) is 0 Å². The molecule has 3 aromatic heterocycles. The number of pyridine rings is 1. The lowest BCUT2D eigenvalue weighted by Crippen LogP contribution is -2.07. The minimum Gasteiger partial charge on any atom is -0.250 e. The fourth-order valence-electron chi connectivity index (χ4n) is 2.72. The van der Waals surface area contributed by atoms with E-state index in [1.165, 1.54) is 16.0 Å². The molecule has 0 N–H and O–H groups in total. The standard InChI is InChI=1S/C15H11ClF3N3S/c1-22-14-12(13(21-22)7-2-3-7)8(15(17,18)19)6-9(20-14)10-4-5-11(16)23-10/h4-7H,2-3H2,1H3. The summed E-state index contributed by atoms with van der Waals surface area (Å²) in [5.74, 6) is 0.114. The zero-order valence-corrected chi connectivity index (χ0v) is 13.6. The Morgan fingerprint density at radius 3 is 2.61 bits per heavy atom. The third-order valence-electron chi connectivity index (χ3n) is 3.92. The van der Waals surface area contributed by atoms with Gasteiger partial charge in [-0.25, -0.2) is 4.98 Å². The van der Waals surface area contributed by atoms with Crippen molar-refractivity contribution in [1.82, 2.24) is 14.8 Å². The first-order valence-electron chi connectivity index (χ1n) is 7.05. The van der Waals surface area contributed by atoms with E-state index in [0.717, 1.165) is 18.9 Å². The molecule has 8 heteroatoms. The molecule has 23 heavy (non-hydrogen) atoms. The van der Waals surface area contributed by atoms with Crippen molar-refractivity contribution in [3.63, 3.8) is 0 Å². The average Bonchev–Trinajstić information content (AvgIpc) is 3.15. The van der Waals surface area contributed by atoms with Crippen molar-refractivity contribution in [2.45, 2.75) is 24.9 Å². The molecule has 0 spiro atoms. The van der Waals surface area contributed by atoms with Gasteiger partial charge in [0.2, 0.25) is 0 Å². The quantitative estimate of drug-likeness (QED) is 0.627. The van der Waals surface area contributed by atoms with Crippen LogP contribution in [-0.2, 0) is 13.2 Å². The lowest BCUT2D eigenvalue weighted by molar-refractivity contribution is -0.136. The Kier molecular flexibility index (Phi) is 3.22. The molecule has 0 atom stereocenters. The predicted molar refractivity (Wildman–Crippen MR) is 83.8 cm³/mol. The number of fused-ring (bicyclic) bond motifs is 1. The van der Waals surface area contributed by atoms with Gasteiger partial charge in [0, 0.05) is 13.0 Å². The van der Waals surface area contributed by atoms with Crippen LogP contribution in [0, 0.1) is 0 Å². The first kappa shape index (κ1) is 15.0. The van der Waals surface area contributed by atoms with Gasteiger partial charge < -0.3 is 0 Å². The van der Waals surface area contributed by atoms with Crippen LogP contribution in [0.4, 0.5) is 13.2 Å². The third-order valence-corrected chi connectivity index (χ3v) is 5.17. The van der Waals surface area contributed by atoms with E-state index in [2.05, 4.69) is 10.1 Å². The number of alkyl halides is 3. The largest absolute Gasteiger partial charge is 0.417 e. The predicted octanol–water partition coefficient (Wildman–Crippen LogP) is 5.25. The Hall–Kier alpha value is -1.60. The van der Waals surface area contributed by atoms with E-state index in [9.17, 15) is 13.2 Å². The zero-order valence-electron chi connectivity index (χ0n) is 12.0. The Morgan fingerprint density at radius 2 is 2.04 bits per heavy atom. The maximum Gasteiger partial charge on any atom is 0.417 e. The van der Waals surface area contributed by atoms with Gasteiger partial charge in [-0.2, -0.15) is 18.3 Å². The van der Waals surface area contributed by atoms with Crippen molar-refractivity contribution in [3.05, 3.63) is 33.8 Å². The number of aromatic nitrogens is 3. The molecule has 120 valence electrons. The van der Waals surface area contributed by atoms with Crippen LogP contribution in [0.25, 0.3) is 21.6 Å². The summed E-state index contributed by atoms with van der Waals surface area (Å²) < 4.78 is 42.8. The third kappa shape index (κ3) is 2.52. The van der Waals surface area contributed by atoms with Gasteiger partial charge in [0.15, 0.2) is 5.65 Å². The molecule has 0 aromatic carbocycles. The van der Waals surface area contributed by atoms with Gasteiger partial charge in [-0.15, -0.1) is 11.3 Å². The molecule has 3 nitrogen and oxygen atoms in total. The molecule has 1 saturated carbocycles. The Balaban J connectivity index is 2.03. The number of aryl methyl sites for hydroxylation is 1. The van der Waals surface area contributed by atoms with Gasteiger partial charge in [0.1, 0.15) is 0 Å². The lowest BCUT2D eigenvalue weighted by Gasteiger charge is -2.11. The molecule has 1 fully saturated rings. The van der Waals surface area contributed by atoms with Crippen LogP contribution in [0.15, 0.2) is 18.2 Å². The maximum absolute atomic E-state index is 13.6. The summed E-state index contributed by atoms with van der Waals surface area (Å²) in [5, 5.41) is 4.43. The summed E-state index contributed by atoms with van der Waals surface area (Å²) >= 11 is 7.10. The topological polar surface area (TPSA) is 30.7 Å². The highest BCUT2D eigenvalue weighted by molar-refractivity contribution is 7.19. The number of thiophene rings is 1. The van der Waals surface area contributed by atoms with Crippen LogP contribution >= 0.6 is 22.9 Å². The van der Waals surface area contributed by atoms with Crippen molar-refractivity contribution in [3.8, 4) is 10.6 Å². The number of hydrogen-bond acceptors (Lipinski definition) is 3. The van der Waals surface area contributed by atoms with Crippen LogP contribution in [0.1, 0.15) is 30.0 Å². The molecule has 0 amide bonds. The van der Waals surface area contributed by atoms with E-state index in [1.54, 1.807) is 19.2 Å². The molecule has 0 saturated heterocycles. The fraction of sp³-hybridized carbons (Fsp3) is 0.333. The minimum absolute atomic E-state index is 0.114. The highest BCUT2D eigenvalue weighted by Crippen LogP contribution is 2.46. The molecule has 0 bridgehead atoms. The molecule has 1 aliphatic rings. The maximum atomic E-state index is 13.6. The molecule has 3 aromatic rings. The minimum atomic E-state index is -4.45. The summed E-state index contributed by atoms with van der Waals surface area (Å²) in [6.07, 6.45) is -2.69. The second-order valence-corrected chi connectivity index (χ2v) is 7.35. The average molecular weight is 358 g/mol. The Morgan fingerprint density at radius 1 is 1.30 bits per heavy atom. The number of halogens is 4. The summed E-state index contributed by atoms with van der Waals surface area (Å²) in [6.45, 7) is 0. The summed E-state index contributed by atoms with van der Waals surface area (Å²) in [7, 11) is 1.63. The van der Waals surface area contributed by atoms with Crippen molar-refractivity contribution in [2.75, 3.05) is 0 Å². The number of hydrogen-bond donors (Lipinski definition) is 0. The van der Waals surface area contributed by atoms with Crippen LogP contribution in [0.2, 0.25) is 4.34 Å². The molecule has 0 aliphatic heterocycles. The summed E-state index contributed by atoms with van der Waals surface area (Å²) in [4.78, 5) is 5.02. The van der Waals surface area contributed by atoms with Gasteiger partial charge in [-0.3, -0.25) is 4.68 Å². The van der Waals surface area contributed by atoms with Gasteiger partial charge in [-0.1, -0.05) is 11.6 Å². The Labute approximate surface area is 138 Å². The van der Waals surface area contributed by atoms with E-state index < -0.39 is 11.7 Å². The van der Waals surface area contributed by atoms with E-state index in [4.69, 9.17) is 11.6 Å². The summed E-state index contributed by atoms with van der Waals surface area (Å²) in [5.41, 5.74) is 0.378. The second kappa shape index (κ2) is 4.95. The van der Waals surface area contributed by atoms with Crippen LogP contribution in [0.5, 0.6) is 0 Å². The first-order valence-corrected chi connectivity index (χ1v) is 8.24. The molecule has 4 rings (SSSR count). The van der Waals surface area contributed by atoms with E-state index >= 15 is 0 Å². The normalized spacial score (nSPS) is 15.5. The number of nitrogens with zero attached hydrogens (tertiary/aromatic N) is 3. The molecular formula is C15H11ClF3N3S. The Bertz CT molecular complexity index is 909. The van der Waals surface area contributed by atoms with E-state index in [0.29, 0.717) is 14.9 Å². The van der Waals surface area contributed by atoms with Crippen molar-refractivity contribution in [2.24, 2.45) is 7.05 Å². The van der Waals surface area contributed by atoms with Crippen molar-refractivity contribution < 1.29 is 13.2 Å². The van der Waals surface area contributed by atoms with Crippen LogP contribution < -0.4 is 0 Å². The first-order chi connectivity index (χ1) is 10.8. The SMILES string of the molecule is Cn1nc(C2CC2)c2c(C(F)(F)F)cc(-c3ccc(Cl)s3)nc21. The van der Waals surface area contributed by atoms with E-state index in [-0.39, 0.29) is 22.6 Å². The number of rotatable bonds is 2. The molecular weight excluding hydrogens is 347 g/mol. The molecule has 0 unspecified atom stereocenters. The van der Waals surface area contributed by atoms with Gasteiger partial charge in [0.05, 0.1) is 31.6 Å². The van der Waals surface area contributed by atoms with Gasteiger partial charge in [-0.05, 0) is 31.0 Å². The molecule has 0 radical (unpaired) electrons. The lowest BCUT2D eigenvalue weighted by atomic mass is 10.1. The second-order valence-electron chi connectivity index (χ2n) is 5.64. The molecule has 1 aliphatic carbocycles. The van der Waals surface area contributed by atoms with E-state index in [1.807, 2.05) is 0 Å². The smallest absolute Gasteiger partial charge is 0.250 e. The van der Waals surface area contributed by atoms with Crippen molar-refractivity contribution >= 4 is 34.0 Å². The van der Waals surface area contributed by atoms with Crippen LogP contribution in [0.3, 0.4) is 0 Å². The highest BCUT2D eigenvalue weighted by Gasteiger charge is 2.39. The van der Waals surface area contributed by atoms with Crippen molar-refractivity contribution in [1.29, 1.82) is 0 Å². The van der Waals surface area contributed by atoms with Gasteiger partial charge >= 0.3 is 6.18 Å². The van der Waals surface area contributed by atoms with Crippen LogP contribution in [-0.4, -0.2) is 14.8 Å². The zero-order chi connectivity index (χ0) is 16.4.